The zero-order chi connectivity index (χ0) is 18.2. The van der Waals surface area contributed by atoms with Gasteiger partial charge < -0.3 is 26.6 Å². The van der Waals surface area contributed by atoms with Crippen molar-refractivity contribution in [3.8, 4) is 0 Å². The van der Waals surface area contributed by atoms with E-state index in [2.05, 4.69) is 6.58 Å². The Morgan fingerprint density at radius 1 is 0.609 bits per heavy atom. The molecule has 23 heavy (non-hydrogen) atoms. The largest absolute Gasteiger partial charge is 0.679 e. The van der Waals surface area contributed by atoms with E-state index >= 15 is 0 Å². The van der Waals surface area contributed by atoms with Crippen LogP contribution in [0, 0.1) is 0 Å². The van der Waals surface area contributed by atoms with Gasteiger partial charge in [-0.1, -0.05) is 0 Å². The highest BCUT2D eigenvalue weighted by Gasteiger charge is 2.44. The van der Waals surface area contributed by atoms with Crippen LogP contribution in [0.2, 0.25) is 6.55 Å². The molecule has 0 spiro atoms. The van der Waals surface area contributed by atoms with E-state index in [-0.39, 0.29) is 0 Å². The Balaban J connectivity index is 0. The van der Waals surface area contributed by atoms with Crippen LogP contribution in [0.3, 0.4) is 0 Å². The minimum atomic E-state index is -2.80. The molecule has 140 valence electrons. The van der Waals surface area contributed by atoms with Gasteiger partial charge in [0.05, 0.1) is 0 Å². The fraction of sp³-hybridized carbons (Fsp3) is 0.867. The van der Waals surface area contributed by atoms with E-state index in [1.165, 1.54) is 0 Å². The molecule has 6 nitrogen and oxygen atoms in total. The molecule has 0 heterocycles. The summed E-state index contributed by atoms with van der Waals surface area (Å²) >= 11 is 0. The van der Waals surface area contributed by atoms with Gasteiger partial charge in [0.15, 0.2) is 0 Å². The highest BCUT2D eigenvalue weighted by Crippen LogP contribution is 2.11. The molecular weight excluding hydrogens is 332 g/mol. The summed E-state index contributed by atoms with van der Waals surface area (Å²) in [6.07, 6.45) is 0. The first-order chi connectivity index (χ1) is 10.9. The summed E-state index contributed by atoms with van der Waals surface area (Å²) < 4.78 is 32.5. The molecule has 0 N–H and O–H groups in total. The van der Waals surface area contributed by atoms with Gasteiger partial charge in [-0.15, -0.1) is 6.58 Å². The summed E-state index contributed by atoms with van der Waals surface area (Å²) in [6.45, 7) is 20.8. The lowest BCUT2D eigenvalue weighted by Crippen LogP contribution is -2.49. The van der Waals surface area contributed by atoms with E-state index in [1.54, 1.807) is 5.70 Å². The maximum absolute atomic E-state index is 5.42. The Bertz CT molecular complexity index is 243. The van der Waals surface area contributed by atoms with Gasteiger partial charge in [0.2, 0.25) is 0 Å². The molecule has 0 saturated heterocycles. The van der Waals surface area contributed by atoms with Crippen molar-refractivity contribution in [3.05, 3.63) is 12.3 Å². The van der Waals surface area contributed by atoms with Crippen LogP contribution in [0.15, 0.2) is 12.3 Å². The summed E-state index contributed by atoms with van der Waals surface area (Å²) in [4.78, 5) is 0. The van der Waals surface area contributed by atoms with Crippen molar-refractivity contribution in [2.24, 2.45) is 0 Å². The van der Waals surface area contributed by atoms with Crippen LogP contribution in [0.1, 0.15) is 41.5 Å². The van der Waals surface area contributed by atoms with E-state index in [0.717, 1.165) is 0 Å². The number of hydrogen-bond acceptors (Lipinski definition) is 6. The molecular formula is C15H36O6Si2. The molecule has 0 atom stereocenters. The Morgan fingerprint density at radius 2 is 0.870 bits per heavy atom. The SMILES string of the molecule is C=C[Si](C)(OCC)OCC.CCO[Si](OCC)(OCC)OCC. The lowest BCUT2D eigenvalue weighted by atomic mass is 10.9. The predicted molar refractivity (Wildman–Crippen MR) is 97.3 cm³/mol. The summed E-state index contributed by atoms with van der Waals surface area (Å²) in [5, 5.41) is 0. The van der Waals surface area contributed by atoms with Crippen molar-refractivity contribution in [3.63, 3.8) is 0 Å². The van der Waals surface area contributed by atoms with Crippen molar-refractivity contribution in [1.29, 1.82) is 0 Å². The second-order valence-corrected chi connectivity index (χ2v) is 9.49. The van der Waals surface area contributed by atoms with Crippen molar-refractivity contribution in [1.82, 2.24) is 0 Å². The van der Waals surface area contributed by atoms with Gasteiger partial charge in [-0.2, -0.15) is 0 Å². The van der Waals surface area contributed by atoms with Gasteiger partial charge in [-0.3, -0.25) is 0 Å². The molecule has 0 bridgehead atoms. The van der Waals surface area contributed by atoms with Gasteiger partial charge in [-0.25, -0.2) is 0 Å². The van der Waals surface area contributed by atoms with Gasteiger partial charge >= 0.3 is 17.6 Å². The first-order valence-corrected chi connectivity index (χ1v) is 12.4. The standard InChI is InChI=1S/C8H20O4Si.C7H16O2Si/c1-5-9-13(10-6-2,11-7-3)12-8-4;1-5-8-10(4,7-3)9-6-2/h5-8H2,1-4H3;7H,3,5-6H2,1-2,4H3. The summed E-state index contributed by atoms with van der Waals surface area (Å²) in [7, 11) is -4.76. The molecule has 0 aliphatic heterocycles. The lowest BCUT2D eigenvalue weighted by molar-refractivity contribution is -0.0247. The third-order valence-corrected chi connectivity index (χ3v) is 7.55. The second kappa shape index (κ2) is 15.5. The van der Waals surface area contributed by atoms with E-state index in [1.807, 2.05) is 48.1 Å². The minimum absolute atomic E-state index is 0.548. The van der Waals surface area contributed by atoms with Gasteiger partial charge in [0.1, 0.15) is 0 Å². The molecule has 0 aromatic carbocycles. The average Bonchev–Trinajstić information content (AvgIpc) is 2.49. The van der Waals surface area contributed by atoms with Crippen LogP contribution in [0.4, 0.5) is 0 Å². The van der Waals surface area contributed by atoms with Crippen LogP contribution < -0.4 is 0 Å². The summed E-state index contributed by atoms with van der Waals surface area (Å²) in [6, 6.07) is 0. The van der Waals surface area contributed by atoms with E-state index in [0.29, 0.717) is 39.6 Å². The Kier molecular flexibility index (Phi) is 16.9. The van der Waals surface area contributed by atoms with Gasteiger partial charge in [0, 0.05) is 39.6 Å². The molecule has 0 unspecified atom stereocenters. The van der Waals surface area contributed by atoms with Crippen molar-refractivity contribution in [2.45, 2.75) is 48.1 Å². The third-order valence-electron chi connectivity index (χ3n) is 2.52. The fourth-order valence-electron chi connectivity index (χ4n) is 1.69. The summed E-state index contributed by atoms with van der Waals surface area (Å²) in [5.74, 6) is 0. The third kappa shape index (κ3) is 12.0. The van der Waals surface area contributed by atoms with E-state index < -0.39 is 17.6 Å². The zero-order valence-electron chi connectivity index (χ0n) is 16.0. The van der Waals surface area contributed by atoms with E-state index in [4.69, 9.17) is 26.6 Å². The molecule has 0 radical (unpaired) electrons. The average molecular weight is 369 g/mol. The maximum atomic E-state index is 5.42. The first kappa shape index (κ1) is 25.2. The van der Waals surface area contributed by atoms with Crippen molar-refractivity contribution in [2.75, 3.05) is 39.6 Å². The van der Waals surface area contributed by atoms with Crippen LogP contribution in [0.25, 0.3) is 0 Å². The Morgan fingerprint density at radius 3 is 1.04 bits per heavy atom. The number of hydrogen-bond donors (Lipinski definition) is 0. The monoisotopic (exact) mass is 368 g/mol. The summed E-state index contributed by atoms with van der Waals surface area (Å²) in [5.41, 5.74) is 1.81. The van der Waals surface area contributed by atoms with Crippen LogP contribution in [-0.2, 0) is 26.6 Å². The molecule has 0 rings (SSSR count). The molecule has 0 aromatic heterocycles. The smallest absolute Gasteiger partial charge is 0.392 e. The van der Waals surface area contributed by atoms with Crippen molar-refractivity contribution >= 4 is 17.6 Å². The topological polar surface area (TPSA) is 55.4 Å². The second-order valence-electron chi connectivity index (χ2n) is 4.32. The molecule has 0 saturated carbocycles. The molecule has 0 fully saturated rings. The van der Waals surface area contributed by atoms with Crippen molar-refractivity contribution < 1.29 is 26.6 Å². The van der Waals surface area contributed by atoms with Crippen LogP contribution in [0.5, 0.6) is 0 Å². The molecule has 8 heteroatoms. The highest BCUT2D eigenvalue weighted by molar-refractivity contribution is 6.71. The van der Waals surface area contributed by atoms with Gasteiger partial charge in [0.25, 0.3) is 0 Å². The van der Waals surface area contributed by atoms with Crippen LogP contribution >= 0.6 is 0 Å². The van der Waals surface area contributed by atoms with Crippen LogP contribution in [-0.4, -0.2) is 57.3 Å². The number of rotatable bonds is 13. The molecule has 0 aromatic rings. The predicted octanol–water partition coefficient (Wildman–Crippen LogP) is 3.42. The highest BCUT2D eigenvalue weighted by atomic mass is 28.4. The quantitative estimate of drug-likeness (QED) is 0.464. The van der Waals surface area contributed by atoms with E-state index in [9.17, 15) is 0 Å². The normalized spacial score (nSPS) is 11.8. The van der Waals surface area contributed by atoms with Gasteiger partial charge in [-0.05, 0) is 53.8 Å². The molecule has 0 aliphatic rings. The fourth-order valence-corrected chi connectivity index (χ4v) is 5.07. The Hall–Kier alpha value is -0.0662. The Labute approximate surface area is 144 Å². The lowest BCUT2D eigenvalue weighted by Gasteiger charge is -2.26. The molecule has 0 aliphatic carbocycles. The minimum Gasteiger partial charge on any atom is -0.392 e. The molecule has 0 amide bonds. The zero-order valence-corrected chi connectivity index (χ0v) is 18.0. The maximum Gasteiger partial charge on any atom is 0.679 e. The first-order valence-electron chi connectivity index (χ1n) is 8.40.